The van der Waals surface area contributed by atoms with Crippen molar-refractivity contribution in [3.05, 3.63) is 76.3 Å². The number of sulfonamides is 1. The lowest BCUT2D eigenvalue weighted by atomic mass is 10.00. The summed E-state index contributed by atoms with van der Waals surface area (Å²) in [4.78, 5) is 15.4. The van der Waals surface area contributed by atoms with Gasteiger partial charge in [-0.25, -0.2) is 17.2 Å². The molecule has 34 heavy (non-hydrogen) atoms. The Morgan fingerprint density at radius 2 is 1.91 bits per heavy atom. The Morgan fingerprint density at radius 1 is 1.15 bits per heavy atom. The Hall–Kier alpha value is -4.17. The molecule has 0 radical (unpaired) electrons. The number of aromatic amines is 1. The highest BCUT2D eigenvalue weighted by atomic mass is 32.2. The van der Waals surface area contributed by atoms with Crippen LogP contribution in [-0.2, 0) is 17.1 Å². The van der Waals surface area contributed by atoms with Gasteiger partial charge in [0.2, 0.25) is 10.0 Å². The highest BCUT2D eigenvalue weighted by Crippen LogP contribution is 2.40. The standard InChI is InChI=1S/C23H18F2N4O4S/c1-3-34(31,32)28-19-10-16(17-12-29(2)23(30)22-15(17)6-7-27-22)21(8-13(19)11-26)33-20-5-4-14(24)9-18(20)25/h4-10,12,27-28H,3H2,1-2H3. The molecule has 0 aliphatic rings. The van der Waals surface area contributed by atoms with E-state index in [1.54, 1.807) is 12.3 Å². The van der Waals surface area contributed by atoms with E-state index in [1.807, 2.05) is 6.07 Å². The highest BCUT2D eigenvalue weighted by molar-refractivity contribution is 7.92. The lowest BCUT2D eigenvalue weighted by molar-refractivity contribution is 0.439. The number of hydrogen-bond acceptors (Lipinski definition) is 5. The Labute approximate surface area is 193 Å². The van der Waals surface area contributed by atoms with Gasteiger partial charge < -0.3 is 14.3 Å². The second kappa shape index (κ2) is 8.64. The van der Waals surface area contributed by atoms with Crippen molar-refractivity contribution in [3.63, 3.8) is 0 Å². The number of benzene rings is 2. The third kappa shape index (κ3) is 4.23. The summed E-state index contributed by atoms with van der Waals surface area (Å²) >= 11 is 0. The lowest BCUT2D eigenvalue weighted by Crippen LogP contribution is -2.17. The summed E-state index contributed by atoms with van der Waals surface area (Å²) in [6.07, 6.45) is 3.09. The van der Waals surface area contributed by atoms with E-state index in [0.717, 1.165) is 12.1 Å². The number of rotatable bonds is 6. The van der Waals surface area contributed by atoms with E-state index in [9.17, 15) is 27.3 Å². The fourth-order valence-electron chi connectivity index (χ4n) is 3.45. The quantitative estimate of drug-likeness (QED) is 0.425. The van der Waals surface area contributed by atoms with Crippen LogP contribution in [0.15, 0.2) is 53.6 Å². The molecule has 2 aromatic carbocycles. The van der Waals surface area contributed by atoms with Gasteiger partial charge in [-0.05, 0) is 31.2 Å². The summed E-state index contributed by atoms with van der Waals surface area (Å²) in [6, 6.07) is 8.97. The number of aromatic nitrogens is 2. The van der Waals surface area contributed by atoms with Crippen molar-refractivity contribution >= 4 is 26.6 Å². The van der Waals surface area contributed by atoms with Gasteiger partial charge in [-0.1, -0.05) is 0 Å². The van der Waals surface area contributed by atoms with E-state index >= 15 is 0 Å². The van der Waals surface area contributed by atoms with Crippen molar-refractivity contribution in [2.24, 2.45) is 7.05 Å². The minimum Gasteiger partial charge on any atom is -0.454 e. The van der Waals surface area contributed by atoms with Crippen LogP contribution in [-0.4, -0.2) is 23.7 Å². The molecule has 0 saturated heterocycles. The first-order valence-corrected chi connectivity index (χ1v) is 11.7. The molecular formula is C23H18F2N4O4S. The zero-order valence-electron chi connectivity index (χ0n) is 18.0. The number of nitriles is 1. The van der Waals surface area contributed by atoms with Crippen LogP contribution in [0.25, 0.3) is 22.0 Å². The SMILES string of the molecule is CCS(=O)(=O)Nc1cc(-c2cn(C)c(=O)c3[nH]ccc23)c(Oc2ccc(F)cc2F)cc1C#N. The maximum Gasteiger partial charge on any atom is 0.274 e. The van der Waals surface area contributed by atoms with Crippen LogP contribution in [0.3, 0.4) is 0 Å². The van der Waals surface area contributed by atoms with E-state index in [0.29, 0.717) is 22.5 Å². The van der Waals surface area contributed by atoms with Gasteiger partial charge in [-0.2, -0.15) is 5.26 Å². The molecule has 2 heterocycles. The molecule has 0 spiro atoms. The van der Waals surface area contributed by atoms with Crippen LogP contribution in [0.2, 0.25) is 0 Å². The van der Waals surface area contributed by atoms with Gasteiger partial charge in [0, 0.05) is 48.1 Å². The Kier molecular flexibility index (Phi) is 5.85. The van der Waals surface area contributed by atoms with Crippen molar-refractivity contribution < 1.29 is 21.9 Å². The first-order chi connectivity index (χ1) is 16.1. The smallest absolute Gasteiger partial charge is 0.274 e. The maximum absolute atomic E-state index is 14.3. The maximum atomic E-state index is 14.3. The number of halogens is 2. The Bertz CT molecular complexity index is 1640. The van der Waals surface area contributed by atoms with Gasteiger partial charge in [0.05, 0.1) is 17.0 Å². The van der Waals surface area contributed by atoms with E-state index in [2.05, 4.69) is 9.71 Å². The number of H-pyrrole nitrogens is 1. The normalized spacial score (nSPS) is 11.4. The van der Waals surface area contributed by atoms with Crippen molar-refractivity contribution in [1.82, 2.24) is 9.55 Å². The monoisotopic (exact) mass is 484 g/mol. The molecule has 4 aromatic rings. The highest BCUT2D eigenvalue weighted by Gasteiger charge is 2.21. The van der Waals surface area contributed by atoms with E-state index in [4.69, 9.17) is 4.74 Å². The second-order valence-electron chi connectivity index (χ2n) is 7.41. The molecule has 0 saturated carbocycles. The fraction of sp³-hybridized carbons (Fsp3) is 0.130. The molecule has 8 nitrogen and oxygen atoms in total. The van der Waals surface area contributed by atoms with Crippen molar-refractivity contribution in [2.45, 2.75) is 6.92 Å². The summed E-state index contributed by atoms with van der Waals surface area (Å²) < 4.78 is 61.6. The molecule has 174 valence electrons. The summed E-state index contributed by atoms with van der Waals surface area (Å²) in [5, 5.41) is 10.1. The third-order valence-electron chi connectivity index (χ3n) is 5.18. The molecule has 2 N–H and O–H groups in total. The predicted octanol–water partition coefficient (Wildman–Crippen LogP) is 4.24. The molecule has 0 atom stereocenters. The van der Waals surface area contributed by atoms with Gasteiger partial charge in [0.25, 0.3) is 5.56 Å². The van der Waals surface area contributed by atoms with Gasteiger partial charge >= 0.3 is 0 Å². The molecule has 11 heteroatoms. The molecule has 0 aliphatic carbocycles. The number of nitrogens with zero attached hydrogens (tertiary/aromatic N) is 2. The first-order valence-electron chi connectivity index (χ1n) is 10.0. The molecule has 0 aliphatic heterocycles. The molecular weight excluding hydrogens is 466 g/mol. The average Bonchev–Trinajstić information content (AvgIpc) is 3.29. The van der Waals surface area contributed by atoms with Gasteiger partial charge in [-0.15, -0.1) is 0 Å². The van der Waals surface area contributed by atoms with Crippen LogP contribution in [0, 0.1) is 23.0 Å². The summed E-state index contributed by atoms with van der Waals surface area (Å²) in [5.41, 5.74) is 0.640. The number of aryl methyl sites for hydroxylation is 1. The molecule has 2 aromatic heterocycles. The first kappa shape index (κ1) is 23.0. The number of anilines is 1. The Morgan fingerprint density at radius 3 is 2.59 bits per heavy atom. The van der Waals surface area contributed by atoms with Crippen LogP contribution >= 0.6 is 0 Å². The van der Waals surface area contributed by atoms with Crippen molar-refractivity contribution in [2.75, 3.05) is 10.5 Å². The average molecular weight is 484 g/mol. The minimum absolute atomic E-state index is 0.00246. The fourth-order valence-corrected chi connectivity index (χ4v) is 4.10. The van der Waals surface area contributed by atoms with E-state index < -0.39 is 21.7 Å². The molecule has 0 unspecified atom stereocenters. The van der Waals surface area contributed by atoms with Crippen LogP contribution in [0.1, 0.15) is 12.5 Å². The number of nitrogens with one attached hydrogen (secondary N) is 2. The topological polar surface area (TPSA) is 117 Å². The zero-order valence-corrected chi connectivity index (χ0v) is 18.8. The third-order valence-corrected chi connectivity index (χ3v) is 6.47. The van der Waals surface area contributed by atoms with Crippen LogP contribution < -0.4 is 15.0 Å². The zero-order chi connectivity index (χ0) is 24.6. The largest absolute Gasteiger partial charge is 0.454 e. The summed E-state index contributed by atoms with van der Waals surface area (Å²) in [6.45, 7) is 1.44. The minimum atomic E-state index is -3.74. The van der Waals surface area contributed by atoms with Gasteiger partial charge in [0.1, 0.15) is 23.2 Å². The number of fused-ring (bicyclic) bond motifs is 1. The van der Waals surface area contributed by atoms with E-state index in [1.165, 1.54) is 36.9 Å². The number of ether oxygens (including phenoxy) is 1. The molecule has 0 bridgehead atoms. The van der Waals surface area contributed by atoms with Gasteiger partial charge in [0.15, 0.2) is 11.6 Å². The second-order valence-corrected chi connectivity index (χ2v) is 9.42. The van der Waals surface area contributed by atoms with Crippen LogP contribution in [0.5, 0.6) is 11.5 Å². The van der Waals surface area contributed by atoms with Crippen molar-refractivity contribution in [3.8, 4) is 28.7 Å². The molecule has 4 rings (SSSR count). The lowest BCUT2D eigenvalue weighted by Gasteiger charge is -2.17. The van der Waals surface area contributed by atoms with E-state index in [-0.39, 0.29) is 39.6 Å². The molecule has 0 fully saturated rings. The number of pyridine rings is 1. The van der Waals surface area contributed by atoms with Gasteiger partial charge in [-0.3, -0.25) is 9.52 Å². The molecule has 0 amide bonds. The van der Waals surface area contributed by atoms with Crippen molar-refractivity contribution in [1.29, 1.82) is 5.26 Å². The van der Waals surface area contributed by atoms with Crippen LogP contribution in [0.4, 0.5) is 14.5 Å². The number of hydrogen-bond donors (Lipinski definition) is 2. The Balaban J connectivity index is 2.01. The summed E-state index contributed by atoms with van der Waals surface area (Å²) in [5.74, 6) is -2.29. The predicted molar refractivity (Wildman–Crippen MR) is 123 cm³/mol. The summed E-state index contributed by atoms with van der Waals surface area (Å²) in [7, 11) is -2.20.